The van der Waals surface area contributed by atoms with Crippen LogP contribution in [0.2, 0.25) is 0 Å². The van der Waals surface area contributed by atoms with Crippen LogP contribution in [-0.4, -0.2) is 51.1 Å². The Labute approximate surface area is 213 Å². The van der Waals surface area contributed by atoms with Crippen LogP contribution in [0, 0.1) is 5.82 Å². The number of rotatable bonds is 5. The highest BCUT2D eigenvalue weighted by Gasteiger charge is 2.23. The molecule has 1 N–H and O–H groups in total. The minimum absolute atomic E-state index is 0.218. The first-order valence-corrected chi connectivity index (χ1v) is 12.4. The van der Waals surface area contributed by atoms with Gasteiger partial charge in [-0.1, -0.05) is 30.3 Å². The SMILES string of the molecule is Fc1ccc(-c2ccc3nc(CCl)nc(N4CCN(C(=S)NCc5ccccc5)CC4)c3n2)cc1. The Hall–Kier alpha value is -3.36. The molecule has 1 aliphatic rings. The molecular formula is C26H24ClFN6S. The molecule has 6 nitrogen and oxygen atoms in total. The predicted octanol–water partition coefficient (Wildman–Crippen LogP) is 4.77. The maximum Gasteiger partial charge on any atom is 0.169 e. The molecule has 0 aliphatic carbocycles. The third kappa shape index (κ3) is 5.33. The summed E-state index contributed by atoms with van der Waals surface area (Å²) in [5.41, 5.74) is 4.21. The highest BCUT2D eigenvalue weighted by Crippen LogP contribution is 2.27. The van der Waals surface area contributed by atoms with Crippen molar-refractivity contribution in [3.63, 3.8) is 0 Å². The average molecular weight is 507 g/mol. The minimum atomic E-state index is -0.278. The predicted molar refractivity (Wildman–Crippen MR) is 142 cm³/mol. The van der Waals surface area contributed by atoms with E-state index in [1.165, 1.54) is 17.7 Å². The molecular weight excluding hydrogens is 483 g/mol. The van der Waals surface area contributed by atoms with E-state index in [2.05, 4.69) is 32.2 Å². The van der Waals surface area contributed by atoms with E-state index in [-0.39, 0.29) is 11.7 Å². The average Bonchev–Trinajstić information content (AvgIpc) is 2.92. The smallest absolute Gasteiger partial charge is 0.169 e. The van der Waals surface area contributed by atoms with Crippen LogP contribution in [0.5, 0.6) is 0 Å². The molecule has 0 saturated carbocycles. The second-order valence-corrected chi connectivity index (χ2v) is 8.94. The Morgan fingerprint density at radius 3 is 2.37 bits per heavy atom. The number of nitrogens with zero attached hydrogens (tertiary/aromatic N) is 5. The molecule has 1 fully saturated rings. The first-order valence-electron chi connectivity index (χ1n) is 11.4. The molecule has 3 heterocycles. The zero-order chi connectivity index (χ0) is 24.2. The molecule has 5 rings (SSSR count). The number of thiocarbonyl (C=S) groups is 1. The zero-order valence-electron chi connectivity index (χ0n) is 19.0. The lowest BCUT2D eigenvalue weighted by molar-refractivity contribution is 0.379. The van der Waals surface area contributed by atoms with Gasteiger partial charge in [0.2, 0.25) is 0 Å². The quantitative estimate of drug-likeness (QED) is 0.309. The third-order valence-corrected chi connectivity index (χ3v) is 6.62. The van der Waals surface area contributed by atoms with Gasteiger partial charge >= 0.3 is 0 Å². The second kappa shape index (κ2) is 10.5. The van der Waals surface area contributed by atoms with E-state index in [0.717, 1.165) is 53.9 Å². The van der Waals surface area contributed by atoms with Crippen LogP contribution in [0.25, 0.3) is 22.3 Å². The largest absolute Gasteiger partial charge is 0.358 e. The van der Waals surface area contributed by atoms with E-state index in [9.17, 15) is 4.39 Å². The second-order valence-electron chi connectivity index (χ2n) is 8.29. The lowest BCUT2D eigenvalue weighted by Crippen LogP contribution is -2.51. The lowest BCUT2D eigenvalue weighted by Gasteiger charge is -2.37. The number of hydrogen-bond acceptors (Lipinski definition) is 5. The first kappa shape index (κ1) is 23.4. The Morgan fingerprint density at radius 2 is 1.66 bits per heavy atom. The number of halogens is 2. The van der Waals surface area contributed by atoms with Gasteiger partial charge in [-0.15, -0.1) is 11.6 Å². The molecule has 0 bridgehead atoms. The van der Waals surface area contributed by atoms with Gasteiger partial charge in [-0.05, 0) is 54.2 Å². The van der Waals surface area contributed by atoms with E-state index in [1.807, 2.05) is 30.3 Å². The summed E-state index contributed by atoms with van der Waals surface area (Å²) in [6.07, 6.45) is 0. The van der Waals surface area contributed by atoms with Crippen molar-refractivity contribution in [2.75, 3.05) is 31.1 Å². The topological polar surface area (TPSA) is 57.2 Å². The van der Waals surface area contributed by atoms with E-state index < -0.39 is 0 Å². The van der Waals surface area contributed by atoms with Crippen molar-refractivity contribution in [2.45, 2.75) is 12.4 Å². The van der Waals surface area contributed by atoms with E-state index in [0.29, 0.717) is 17.9 Å². The number of benzene rings is 2. The molecule has 0 amide bonds. The first-order chi connectivity index (χ1) is 17.1. The summed E-state index contributed by atoms with van der Waals surface area (Å²) < 4.78 is 13.4. The summed E-state index contributed by atoms with van der Waals surface area (Å²) in [7, 11) is 0. The number of alkyl halides is 1. The summed E-state index contributed by atoms with van der Waals surface area (Å²) in [5.74, 6) is 1.26. The summed E-state index contributed by atoms with van der Waals surface area (Å²) in [6, 6.07) is 20.3. The van der Waals surface area contributed by atoms with Gasteiger partial charge in [0.25, 0.3) is 0 Å². The van der Waals surface area contributed by atoms with Crippen molar-refractivity contribution in [1.82, 2.24) is 25.2 Å². The fourth-order valence-electron chi connectivity index (χ4n) is 4.11. The van der Waals surface area contributed by atoms with Gasteiger partial charge in [0.05, 0.1) is 17.1 Å². The fraction of sp³-hybridized carbons (Fsp3) is 0.231. The molecule has 0 spiro atoms. The van der Waals surface area contributed by atoms with Crippen molar-refractivity contribution in [3.05, 3.63) is 83.9 Å². The number of anilines is 1. The van der Waals surface area contributed by atoms with Gasteiger partial charge in [0.1, 0.15) is 17.2 Å². The van der Waals surface area contributed by atoms with E-state index in [4.69, 9.17) is 33.8 Å². The summed E-state index contributed by atoms with van der Waals surface area (Å²) in [6.45, 7) is 3.71. The lowest BCUT2D eigenvalue weighted by atomic mass is 10.1. The molecule has 2 aromatic carbocycles. The highest BCUT2D eigenvalue weighted by atomic mass is 35.5. The standard InChI is InChI=1S/C26H24ClFN6S/c27-16-23-30-22-11-10-21(19-6-8-20(28)9-7-19)31-24(22)25(32-23)33-12-14-34(15-13-33)26(35)29-17-18-4-2-1-3-5-18/h1-11H,12-17H2,(H,29,35). The molecule has 2 aromatic heterocycles. The Kier molecular flexibility index (Phi) is 7.01. The van der Waals surface area contributed by atoms with Gasteiger partial charge in [0.15, 0.2) is 10.9 Å². The maximum absolute atomic E-state index is 13.4. The monoisotopic (exact) mass is 506 g/mol. The highest BCUT2D eigenvalue weighted by molar-refractivity contribution is 7.80. The number of fused-ring (bicyclic) bond motifs is 1. The van der Waals surface area contributed by atoms with Crippen molar-refractivity contribution < 1.29 is 4.39 Å². The number of hydrogen-bond donors (Lipinski definition) is 1. The molecule has 178 valence electrons. The van der Waals surface area contributed by atoms with Crippen molar-refractivity contribution in [2.24, 2.45) is 0 Å². The van der Waals surface area contributed by atoms with Gasteiger partial charge in [0, 0.05) is 38.3 Å². The van der Waals surface area contributed by atoms with Crippen LogP contribution >= 0.6 is 23.8 Å². The van der Waals surface area contributed by atoms with Crippen molar-refractivity contribution >= 4 is 45.8 Å². The Morgan fingerprint density at radius 1 is 0.914 bits per heavy atom. The summed E-state index contributed by atoms with van der Waals surface area (Å²) in [4.78, 5) is 18.5. The van der Waals surface area contributed by atoms with Gasteiger partial charge in [-0.3, -0.25) is 0 Å². The molecule has 0 radical (unpaired) electrons. The fourth-order valence-corrected chi connectivity index (χ4v) is 4.49. The molecule has 0 atom stereocenters. The minimum Gasteiger partial charge on any atom is -0.358 e. The van der Waals surface area contributed by atoms with Crippen LogP contribution in [-0.2, 0) is 12.4 Å². The normalized spacial score (nSPS) is 13.8. The number of aromatic nitrogens is 3. The molecule has 1 aliphatic heterocycles. The van der Waals surface area contributed by atoms with Gasteiger partial charge in [-0.2, -0.15) is 0 Å². The molecule has 0 unspecified atom stereocenters. The number of nitrogens with one attached hydrogen (secondary N) is 1. The molecule has 35 heavy (non-hydrogen) atoms. The summed E-state index contributed by atoms with van der Waals surface area (Å²) in [5, 5.41) is 4.11. The van der Waals surface area contributed by atoms with Crippen molar-refractivity contribution in [3.8, 4) is 11.3 Å². The van der Waals surface area contributed by atoms with E-state index in [1.54, 1.807) is 12.1 Å². The van der Waals surface area contributed by atoms with Gasteiger partial charge in [-0.25, -0.2) is 19.3 Å². The summed E-state index contributed by atoms with van der Waals surface area (Å²) >= 11 is 11.7. The third-order valence-electron chi connectivity index (χ3n) is 5.98. The van der Waals surface area contributed by atoms with Crippen LogP contribution in [0.4, 0.5) is 10.2 Å². The molecule has 1 saturated heterocycles. The van der Waals surface area contributed by atoms with Crippen molar-refractivity contribution in [1.29, 1.82) is 0 Å². The number of piperazine rings is 1. The van der Waals surface area contributed by atoms with Crippen LogP contribution in [0.15, 0.2) is 66.7 Å². The molecule has 4 aromatic rings. The van der Waals surface area contributed by atoms with Crippen LogP contribution < -0.4 is 10.2 Å². The Bertz CT molecular complexity index is 1330. The van der Waals surface area contributed by atoms with Crippen LogP contribution in [0.1, 0.15) is 11.4 Å². The maximum atomic E-state index is 13.4. The number of pyridine rings is 1. The van der Waals surface area contributed by atoms with E-state index >= 15 is 0 Å². The van der Waals surface area contributed by atoms with Gasteiger partial charge < -0.3 is 15.1 Å². The van der Waals surface area contributed by atoms with Crippen LogP contribution in [0.3, 0.4) is 0 Å². The molecule has 9 heteroatoms. The zero-order valence-corrected chi connectivity index (χ0v) is 20.6. The Balaban J connectivity index is 1.34.